The summed E-state index contributed by atoms with van der Waals surface area (Å²) in [5, 5.41) is 10.4. The number of halogens is 4. The van der Waals surface area contributed by atoms with Gasteiger partial charge in [-0.25, -0.2) is 9.59 Å². The van der Waals surface area contributed by atoms with E-state index < -0.39 is 24.3 Å². The summed E-state index contributed by atoms with van der Waals surface area (Å²) in [6.07, 6.45) is -0.278. The molecule has 39 heavy (non-hydrogen) atoms. The SMILES string of the molecule is O=C(Nc1ccc(Cl)cc1)O[C@@H](C(=O)N1CCN(C2CCCCC2)CC1)c1ccccc1.O=C(O)C(F)(F)F. The van der Waals surface area contributed by atoms with Gasteiger partial charge in [-0.05, 0) is 37.1 Å². The second kappa shape index (κ2) is 14.2. The van der Waals surface area contributed by atoms with E-state index in [1.165, 1.54) is 32.1 Å². The first-order chi connectivity index (χ1) is 18.5. The molecule has 2 aliphatic rings. The van der Waals surface area contributed by atoms with Gasteiger partial charge in [0.15, 0.2) is 0 Å². The van der Waals surface area contributed by atoms with E-state index in [0.717, 1.165) is 13.1 Å². The Balaban J connectivity index is 0.000000532. The van der Waals surface area contributed by atoms with Crippen LogP contribution in [0.1, 0.15) is 43.8 Å². The van der Waals surface area contributed by atoms with Crippen LogP contribution in [0.5, 0.6) is 0 Å². The summed E-state index contributed by atoms with van der Waals surface area (Å²) >= 11 is 5.90. The lowest BCUT2D eigenvalue weighted by molar-refractivity contribution is -0.192. The molecule has 2 N–H and O–H groups in total. The number of carboxylic acids is 1. The zero-order valence-electron chi connectivity index (χ0n) is 21.2. The van der Waals surface area contributed by atoms with E-state index in [1.807, 2.05) is 35.2 Å². The number of piperazine rings is 1. The fourth-order valence-corrected chi connectivity index (χ4v) is 4.72. The van der Waals surface area contributed by atoms with Crippen LogP contribution in [0.4, 0.5) is 23.7 Å². The number of anilines is 1. The molecule has 0 spiro atoms. The molecule has 1 aliphatic carbocycles. The molecular weight excluding hydrogens is 539 g/mol. The summed E-state index contributed by atoms with van der Waals surface area (Å²) in [6.45, 7) is 3.05. The molecule has 2 amide bonds. The van der Waals surface area contributed by atoms with Gasteiger partial charge in [0.25, 0.3) is 5.91 Å². The van der Waals surface area contributed by atoms with Crippen molar-refractivity contribution in [3.05, 3.63) is 65.2 Å². The first-order valence-electron chi connectivity index (χ1n) is 12.7. The normalized spacial score (nSPS) is 17.4. The molecule has 8 nitrogen and oxygen atoms in total. The van der Waals surface area contributed by atoms with Gasteiger partial charge in [-0.3, -0.25) is 15.0 Å². The quantitative estimate of drug-likeness (QED) is 0.476. The number of nitrogens with zero attached hydrogens (tertiary/aromatic N) is 2. The van der Waals surface area contributed by atoms with Gasteiger partial charge in [-0.1, -0.05) is 61.2 Å². The fraction of sp³-hybridized carbons (Fsp3) is 0.444. The molecule has 1 heterocycles. The smallest absolute Gasteiger partial charge is 0.475 e. The third-order valence-corrected chi connectivity index (χ3v) is 6.85. The highest BCUT2D eigenvalue weighted by Gasteiger charge is 2.38. The monoisotopic (exact) mass is 569 g/mol. The summed E-state index contributed by atoms with van der Waals surface area (Å²) in [5.74, 6) is -2.93. The Morgan fingerprint density at radius 3 is 2.03 bits per heavy atom. The highest BCUT2D eigenvalue weighted by molar-refractivity contribution is 6.30. The van der Waals surface area contributed by atoms with Crippen molar-refractivity contribution in [2.45, 2.75) is 50.4 Å². The molecule has 0 radical (unpaired) electrons. The number of ether oxygens (including phenoxy) is 1. The molecule has 12 heteroatoms. The maximum absolute atomic E-state index is 13.4. The van der Waals surface area contributed by atoms with Crippen LogP contribution in [0.2, 0.25) is 5.02 Å². The van der Waals surface area contributed by atoms with E-state index in [4.69, 9.17) is 26.2 Å². The second-order valence-corrected chi connectivity index (χ2v) is 9.72. The molecule has 2 aromatic carbocycles. The number of amides is 2. The van der Waals surface area contributed by atoms with E-state index in [2.05, 4.69) is 10.2 Å². The summed E-state index contributed by atoms with van der Waals surface area (Å²) in [6, 6.07) is 16.6. The first kappa shape index (κ1) is 30.2. The molecular formula is C27H31ClF3N3O5. The third kappa shape index (κ3) is 9.43. The molecule has 0 unspecified atom stereocenters. The molecule has 212 valence electrons. The molecule has 1 atom stereocenters. The molecule has 4 rings (SSSR count). The van der Waals surface area contributed by atoms with Crippen LogP contribution in [0, 0.1) is 0 Å². The average molecular weight is 570 g/mol. The average Bonchev–Trinajstić information content (AvgIpc) is 2.93. The number of carbonyl (C=O) groups is 3. The Hall–Kier alpha value is -3.31. The minimum Gasteiger partial charge on any atom is -0.475 e. The third-order valence-electron chi connectivity index (χ3n) is 6.60. The highest BCUT2D eigenvalue weighted by Crippen LogP contribution is 2.26. The number of benzene rings is 2. The number of carboxylic acid groups (broad SMARTS) is 1. The minimum absolute atomic E-state index is 0.175. The molecule has 1 saturated carbocycles. The molecule has 2 aromatic rings. The number of nitrogens with one attached hydrogen (secondary N) is 1. The number of hydrogen-bond acceptors (Lipinski definition) is 5. The van der Waals surface area contributed by atoms with Crippen LogP contribution < -0.4 is 5.32 Å². The van der Waals surface area contributed by atoms with E-state index in [0.29, 0.717) is 35.4 Å². The lowest BCUT2D eigenvalue weighted by Crippen LogP contribution is -2.53. The van der Waals surface area contributed by atoms with E-state index in [1.54, 1.807) is 24.3 Å². The van der Waals surface area contributed by atoms with Crippen LogP contribution in [0.25, 0.3) is 0 Å². The lowest BCUT2D eigenvalue weighted by Gasteiger charge is -2.41. The van der Waals surface area contributed by atoms with Gasteiger partial charge < -0.3 is 14.7 Å². The molecule has 2 fully saturated rings. The number of aliphatic carboxylic acids is 1. The van der Waals surface area contributed by atoms with Crippen molar-refractivity contribution < 1.29 is 37.4 Å². The van der Waals surface area contributed by atoms with Crippen molar-refractivity contribution >= 4 is 35.3 Å². The highest BCUT2D eigenvalue weighted by atomic mass is 35.5. The minimum atomic E-state index is -5.08. The summed E-state index contributed by atoms with van der Waals surface area (Å²) in [4.78, 5) is 39.2. The van der Waals surface area contributed by atoms with Crippen molar-refractivity contribution in [2.75, 3.05) is 31.5 Å². The maximum atomic E-state index is 13.4. The lowest BCUT2D eigenvalue weighted by atomic mass is 9.94. The topological polar surface area (TPSA) is 99.2 Å². The largest absolute Gasteiger partial charge is 0.490 e. The predicted molar refractivity (Wildman–Crippen MR) is 139 cm³/mol. The first-order valence-corrected chi connectivity index (χ1v) is 13.0. The summed E-state index contributed by atoms with van der Waals surface area (Å²) in [5.41, 5.74) is 1.22. The van der Waals surface area contributed by atoms with E-state index in [9.17, 15) is 22.8 Å². The number of carbonyl (C=O) groups excluding carboxylic acids is 2. The van der Waals surface area contributed by atoms with Gasteiger partial charge >= 0.3 is 18.2 Å². The van der Waals surface area contributed by atoms with Crippen LogP contribution in [0.3, 0.4) is 0 Å². The Morgan fingerprint density at radius 1 is 0.923 bits per heavy atom. The Morgan fingerprint density at radius 2 is 1.49 bits per heavy atom. The van der Waals surface area contributed by atoms with Crippen molar-refractivity contribution in [1.82, 2.24) is 9.80 Å². The molecule has 1 aliphatic heterocycles. The fourth-order valence-electron chi connectivity index (χ4n) is 4.60. The van der Waals surface area contributed by atoms with E-state index in [-0.39, 0.29) is 5.91 Å². The Bertz CT molecular complexity index is 1090. The standard InChI is InChI=1S/C25H30ClN3O3.C2HF3O2/c26-20-11-13-21(14-12-20)27-25(31)32-23(19-7-3-1-4-8-19)24(30)29-17-15-28(16-18-29)22-9-5-2-6-10-22;3-2(4,5)1(6)7/h1,3-4,7-8,11-14,22-23H,2,5-6,9-10,15-18H2,(H,27,31);(H,6,7)/t23-;/m1./s1. The predicted octanol–water partition coefficient (Wildman–Crippen LogP) is 5.74. The van der Waals surface area contributed by atoms with E-state index >= 15 is 0 Å². The van der Waals surface area contributed by atoms with Crippen molar-refractivity contribution in [3.8, 4) is 0 Å². The maximum Gasteiger partial charge on any atom is 0.490 e. The van der Waals surface area contributed by atoms with Gasteiger partial charge in [0.1, 0.15) is 0 Å². The van der Waals surface area contributed by atoms with Crippen molar-refractivity contribution in [2.24, 2.45) is 0 Å². The van der Waals surface area contributed by atoms with Crippen LogP contribution >= 0.6 is 11.6 Å². The number of hydrogen-bond donors (Lipinski definition) is 2. The Labute approximate surface area is 229 Å². The zero-order valence-corrected chi connectivity index (χ0v) is 22.0. The molecule has 0 aromatic heterocycles. The van der Waals surface area contributed by atoms with Gasteiger partial charge in [0, 0.05) is 48.5 Å². The molecule has 1 saturated heterocycles. The van der Waals surface area contributed by atoms with Gasteiger partial charge in [0.05, 0.1) is 0 Å². The van der Waals surface area contributed by atoms with Gasteiger partial charge in [0.2, 0.25) is 6.10 Å². The van der Waals surface area contributed by atoms with Gasteiger partial charge in [-0.15, -0.1) is 0 Å². The van der Waals surface area contributed by atoms with Crippen molar-refractivity contribution in [1.29, 1.82) is 0 Å². The van der Waals surface area contributed by atoms with Gasteiger partial charge in [-0.2, -0.15) is 13.2 Å². The van der Waals surface area contributed by atoms with Crippen LogP contribution in [-0.2, 0) is 14.3 Å². The molecule has 0 bridgehead atoms. The second-order valence-electron chi connectivity index (χ2n) is 9.28. The summed E-state index contributed by atoms with van der Waals surface area (Å²) < 4.78 is 37.4. The zero-order chi connectivity index (χ0) is 28.4. The number of rotatable bonds is 5. The van der Waals surface area contributed by atoms with Crippen molar-refractivity contribution in [3.63, 3.8) is 0 Å². The van der Waals surface area contributed by atoms with Crippen LogP contribution in [-0.4, -0.2) is 71.3 Å². The Kier molecular flexibility index (Phi) is 11.0. The number of alkyl halides is 3. The van der Waals surface area contributed by atoms with Crippen LogP contribution in [0.15, 0.2) is 54.6 Å². The summed E-state index contributed by atoms with van der Waals surface area (Å²) in [7, 11) is 0.